The molecule has 1 atom stereocenters. The van der Waals surface area contributed by atoms with Gasteiger partial charge in [-0.25, -0.2) is 9.79 Å². The van der Waals surface area contributed by atoms with Crippen LogP contribution >= 0.6 is 27.3 Å². The van der Waals surface area contributed by atoms with Gasteiger partial charge in [-0.2, -0.15) is 0 Å². The number of ether oxygens (including phenoxy) is 2. The Morgan fingerprint density at radius 2 is 1.92 bits per heavy atom. The molecule has 8 nitrogen and oxygen atoms in total. The fourth-order valence-corrected chi connectivity index (χ4v) is 6.44. The summed E-state index contributed by atoms with van der Waals surface area (Å²) in [7, 11) is 1.59. The Balaban J connectivity index is 1.62. The van der Waals surface area contributed by atoms with Crippen molar-refractivity contribution >= 4 is 45.2 Å². The number of furan rings is 1. The Kier molecular flexibility index (Phi) is 7.63. The topological polar surface area (TPSA) is 86.3 Å². The van der Waals surface area contributed by atoms with Crippen LogP contribution in [0.2, 0.25) is 0 Å². The van der Waals surface area contributed by atoms with Gasteiger partial charge in [-0.05, 0) is 73.7 Å². The molecular weight excluding hydrogens is 570 g/mol. The second-order valence-electron chi connectivity index (χ2n) is 9.66. The molecule has 10 heteroatoms. The van der Waals surface area contributed by atoms with Gasteiger partial charge in [0.05, 0.1) is 39.5 Å². The van der Waals surface area contributed by atoms with Crippen LogP contribution in [0.3, 0.4) is 0 Å². The molecule has 200 valence electrons. The Morgan fingerprint density at radius 3 is 2.58 bits per heavy atom. The second-order valence-corrected chi connectivity index (χ2v) is 11.5. The van der Waals surface area contributed by atoms with Crippen LogP contribution in [-0.4, -0.2) is 36.8 Å². The van der Waals surface area contributed by atoms with E-state index in [0.717, 1.165) is 41.9 Å². The van der Waals surface area contributed by atoms with Crippen molar-refractivity contribution in [2.45, 2.75) is 52.2 Å². The standard InChI is InChI=1S/C28H30BrN3O5S/c1-16(2)36-27(34)23-17(3)30-28-32(24(23)18-8-10-19(35-4)11-9-18)25(33)22(38-28)15-20-14-21(29)26(37-20)31-12-6-5-7-13-31/h8-11,14-16,24H,5-7,12-13H2,1-4H3/b22-15+/t24-/m1/s1. The van der Waals surface area contributed by atoms with Crippen LogP contribution in [-0.2, 0) is 9.53 Å². The van der Waals surface area contributed by atoms with Crippen molar-refractivity contribution in [2.75, 3.05) is 25.1 Å². The van der Waals surface area contributed by atoms with Crippen molar-refractivity contribution in [2.24, 2.45) is 4.99 Å². The number of fused-ring (bicyclic) bond motifs is 1. The number of hydrogen-bond acceptors (Lipinski definition) is 8. The van der Waals surface area contributed by atoms with E-state index < -0.39 is 12.0 Å². The molecule has 3 aromatic rings. The van der Waals surface area contributed by atoms with Crippen LogP contribution in [0.15, 0.2) is 60.3 Å². The van der Waals surface area contributed by atoms with Crippen LogP contribution in [0.25, 0.3) is 6.08 Å². The summed E-state index contributed by atoms with van der Waals surface area (Å²) in [5, 5.41) is 0. The van der Waals surface area contributed by atoms with Crippen molar-refractivity contribution < 1.29 is 18.7 Å². The smallest absolute Gasteiger partial charge is 0.338 e. The first kappa shape index (κ1) is 26.5. The minimum Gasteiger partial charge on any atom is -0.497 e. The summed E-state index contributed by atoms with van der Waals surface area (Å²) >= 11 is 4.90. The van der Waals surface area contributed by atoms with Crippen molar-refractivity contribution in [1.82, 2.24) is 4.57 Å². The third-order valence-corrected chi connectivity index (χ3v) is 8.17. The Labute approximate surface area is 233 Å². The minimum absolute atomic E-state index is 0.246. The van der Waals surface area contributed by atoms with Crippen LogP contribution < -0.4 is 24.5 Å². The quantitative estimate of drug-likeness (QED) is 0.387. The number of allylic oxidation sites excluding steroid dienone is 1. The van der Waals surface area contributed by atoms with Gasteiger partial charge in [0, 0.05) is 25.2 Å². The number of carbonyl (C=O) groups is 1. The number of hydrogen-bond donors (Lipinski definition) is 0. The maximum absolute atomic E-state index is 13.8. The van der Waals surface area contributed by atoms with Crippen LogP contribution in [0.5, 0.6) is 5.75 Å². The van der Waals surface area contributed by atoms with Gasteiger partial charge in [-0.15, -0.1) is 0 Å². The van der Waals surface area contributed by atoms with Gasteiger partial charge in [0.2, 0.25) is 5.88 Å². The molecule has 0 aliphatic carbocycles. The lowest BCUT2D eigenvalue weighted by molar-refractivity contribution is -0.143. The van der Waals surface area contributed by atoms with Crippen LogP contribution in [0, 0.1) is 0 Å². The molecule has 0 spiro atoms. The molecule has 1 aromatic carbocycles. The van der Waals surface area contributed by atoms with Gasteiger partial charge in [0.25, 0.3) is 5.56 Å². The zero-order chi connectivity index (χ0) is 27.0. The minimum atomic E-state index is -0.683. The first-order chi connectivity index (χ1) is 18.3. The molecular formula is C28H30BrN3O5S. The van der Waals surface area contributed by atoms with E-state index in [1.165, 1.54) is 17.8 Å². The molecule has 0 radical (unpaired) electrons. The number of piperidine rings is 1. The largest absolute Gasteiger partial charge is 0.497 e. The number of aromatic nitrogens is 1. The molecule has 4 heterocycles. The summed E-state index contributed by atoms with van der Waals surface area (Å²) in [6.45, 7) is 7.27. The van der Waals surface area contributed by atoms with E-state index in [1.54, 1.807) is 38.5 Å². The molecule has 1 fully saturated rings. The molecule has 2 aliphatic heterocycles. The molecule has 38 heavy (non-hydrogen) atoms. The van der Waals surface area contributed by atoms with E-state index in [0.29, 0.717) is 32.1 Å². The second kappa shape index (κ2) is 10.9. The lowest BCUT2D eigenvalue weighted by Gasteiger charge is -2.26. The number of rotatable bonds is 6. The highest BCUT2D eigenvalue weighted by Gasteiger charge is 2.34. The van der Waals surface area contributed by atoms with Gasteiger partial charge in [-0.1, -0.05) is 23.5 Å². The number of carbonyl (C=O) groups excluding carboxylic acids is 1. The molecule has 1 saturated heterocycles. The van der Waals surface area contributed by atoms with Gasteiger partial charge in [-0.3, -0.25) is 9.36 Å². The third-order valence-electron chi connectivity index (χ3n) is 6.62. The van der Waals surface area contributed by atoms with E-state index in [4.69, 9.17) is 13.9 Å². The predicted molar refractivity (Wildman–Crippen MR) is 150 cm³/mol. The number of halogens is 1. The number of esters is 1. The van der Waals surface area contributed by atoms with E-state index >= 15 is 0 Å². The van der Waals surface area contributed by atoms with Crippen molar-refractivity contribution in [3.05, 3.63) is 77.1 Å². The number of benzene rings is 1. The van der Waals surface area contributed by atoms with Gasteiger partial charge < -0.3 is 18.8 Å². The van der Waals surface area contributed by atoms with E-state index in [9.17, 15) is 9.59 Å². The first-order valence-electron chi connectivity index (χ1n) is 12.7. The fraction of sp³-hybridized carbons (Fsp3) is 0.393. The Hall–Kier alpha value is -3.11. The summed E-state index contributed by atoms with van der Waals surface area (Å²) < 4.78 is 19.9. The summed E-state index contributed by atoms with van der Waals surface area (Å²) in [6, 6.07) is 8.55. The maximum atomic E-state index is 13.8. The van der Waals surface area contributed by atoms with Crippen molar-refractivity contribution in [1.29, 1.82) is 0 Å². The average Bonchev–Trinajstić information content (AvgIpc) is 3.41. The summed E-state index contributed by atoms with van der Waals surface area (Å²) in [5.74, 6) is 1.56. The molecule has 2 aliphatic rings. The monoisotopic (exact) mass is 599 g/mol. The molecule has 0 N–H and O–H groups in total. The lowest BCUT2D eigenvalue weighted by atomic mass is 9.96. The number of methoxy groups -OCH3 is 1. The van der Waals surface area contributed by atoms with Gasteiger partial charge >= 0.3 is 5.97 Å². The number of thiazole rings is 1. The highest BCUT2D eigenvalue weighted by atomic mass is 79.9. The van der Waals surface area contributed by atoms with Crippen LogP contribution in [0.1, 0.15) is 57.4 Å². The fourth-order valence-electron chi connectivity index (χ4n) is 4.85. The molecule has 0 unspecified atom stereocenters. The number of anilines is 1. The summed E-state index contributed by atoms with van der Waals surface area (Å²) in [4.78, 5) is 34.5. The van der Waals surface area contributed by atoms with Crippen molar-refractivity contribution in [3.63, 3.8) is 0 Å². The Bertz CT molecular complexity index is 1560. The van der Waals surface area contributed by atoms with E-state index in [2.05, 4.69) is 25.8 Å². The molecule has 0 amide bonds. The van der Waals surface area contributed by atoms with E-state index in [1.807, 2.05) is 30.3 Å². The number of nitrogens with zero attached hydrogens (tertiary/aromatic N) is 3. The highest BCUT2D eigenvalue weighted by molar-refractivity contribution is 9.10. The average molecular weight is 601 g/mol. The zero-order valence-electron chi connectivity index (χ0n) is 21.8. The summed E-state index contributed by atoms with van der Waals surface area (Å²) in [5.41, 5.74) is 1.38. The first-order valence-corrected chi connectivity index (χ1v) is 14.3. The van der Waals surface area contributed by atoms with Crippen LogP contribution in [0.4, 0.5) is 5.88 Å². The van der Waals surface area contributed by atoms with E-state index in [-0.39, 0.29) is 11.7 Å². The predicted octanol–water partition coefficient (Wildman–Crippen LogP) is 4.54. The molecule has 5 rings (SSSR count). The Morgan fingerprint density at radius 1 is 1.21 bits per heavy atom. The normalized spacial score (nSPS) is 18.0. The van der Waals surface area contributed by atoms with Gasteiger partial charge in [0.1, 0.15) is 11.5 Å². The molecule has 2 aromatic heterocycles. The molecule has 0 saturated carbocycles. The SMILES string of the molecule is COc1ccc([C@@H]2C(C(=O)OC(C)C)=C(C)N=c3s/c(=C/c4cc(Br)c(N5CCCCC5)o4)c(=O)n32)cc1. The lowest BCUT2D eigenvalue weighted by Crippen LogP contribution is -2.40. The summed E-state index contributed by atoms with van der Waals surface area (Å²) in [6.07, 6.45) is 4.93. The maximum Gasteiger partial charge on any atom is 0.338 e. The van der Waals surface area contributed by atoms with Crippen molar-refractivity contribution in [3.8, 4) is 5.75 Å². The third kappa shape index (κ3) is 5.11. The van der Waals surface area contributed by atoms with Gasteiger partial charge in [0.15, 0.2) is 4.80 Å². The highest BCUT2D eigenvalue weighted by Crippen LogP contribution is 2.33. The molecule has 0 bridgehead atoms. The zero-order valence-corrected chi connectivity index (χ0v) is 24.2.